The molecule has 34 heavy (non-hydrogen) atoms. The lowest BCUT2D eigenvalue weighted by Gasteiger charge is -2.34. The molecule has 4 rings (SSSR count). The van der Waals surface area contributed by atoms with Gasteiger partial charge in [-0.3, -0.25) is 4.98 Å². The van der Waals surface area contributed by atoms with Crippen LogP contribution in [0.15, 0.2) is 30.5 Å². The molecule has 1 aliphatic rings. The molecule has 0 spiro atoms. The largest absolute Gasteiger partial charge is 0.487 e. The van der Waals surface area contributed by atoms with Gasteiger partial charge in [-0.05, 0) is 45.9 Å². The highest BCUT2D eigenvalue weighted by Gasteiger charge is 2.26. The van der Waals surface area contributed by atoms with Crippen molar-refractivity contribution in [2.24, 2.45) is 0 Å². The van der Waals surface area contributed by atoms with Crippen molar-refractivity contribution in [1.29, 1.82) is 0 Å². The molecule has 0 unspecified atom stereocenters. The Morgan fingerprint density at radius 3 is 2.56 bits per heavy atom. The Bertz CT molecular complexity index is 1160. The normalized spacial score (nSPS) is 15.2. The molecule has 182 valence electrons. The van der Waals surface area contributed by atoms with Gasteiger partial charge in [0.2, 0.25) is 0 Å². The second-order valence-electron chi connectivity index (χ2n) is 9.73. The van der Waals surface area contributed by atoms with Crippen LogP contribution in [0, 0.1) is 11.6 Å². The number of hydrogen-bond donors (Lipinski definition) is 2. The van der Waals surface area contributed by atoms with Crippen LogP contribution in [0.3, 0.4) is 0 Å². The Hall–Kier alpha value is -3.07. The number of ether oxygens (including phenoxy) is 1. The smallest absolute Gasteiger partial charge is 0.172 e. The Labute approximate surface area is 198 Å². The third-order valence-corrected chi connectivity index (χ3v) is 5.56. The summed E-state index contributed by atoms with van der Waals surface area (Å²) in [4.78, 5) is 16.3. The molecule has 7 nitrogen and oxygen atoms in total. The Morgan fingerprint density at radius 2 is 1.88 bits per heavy atom. The van der Waals surface area contributed by atoms with E-state index in [4.69, 9.17) is 14.7 Å². The number of rotatable bonds is 7. The molecule has 3 aromatic rings. The summed E-state index contributed by atoms with van der Waals surface area (Å²) in [6.07, 6.45) is 3.15. The first-order chi connectivity index (χ1) is 16.1. The van der Waals surface area contributed by atoms with Crippen LogP contribution in [0.4, 0.5) is 20.4 Å². The summed E-state index contributed by atoms with van der Waals surface area (Å²) < 4.78 is 33.2. The first-order valence-electron chi connectivity index (χ1n) is 11.6. The molecule has 1 fully saturated rings. The summed E-state index contributed by atoms with van der Waals surface area (Å²) in [6, 6.07) is 5.26. The van der Waals surface area contributed by atoms with E-state index in [9.17, 15) is 13.9 Å². The van der Waals surface area contributed by atoms with Gasteiger partial charge < -0.3 is 20.1 Å². The zero-order valence-corrected chi connectivity index (χ0v) is 20.0. The molecule has 0 saturated carbocycles. The van der Waals surface area contributed by atoms with Gasteiger partial charge in [-0.25, -0.2) is 18.7 Å². The van der Waals surface area contributed by atoms with Crippen molar-refractivity contribution in [2.75, 3.05) is 23.3 Å². The van der Waals surface area contributed by atoms with Gasteiger partial charge in [0.15, 0.2) is 23.2 Å². The van der Waals surface area contributed by atoms with Crippen LogP contribution in [0.5, 0.6) is 5.75 Å². The van der Waals surface area contributed by atoms with Crippen molar-refractivity contribution in [3.05, 3.63) is 47.8 Å². The topological polar surface area (TPSA) is 83.4 Å². The lowest BCUT2D eigenvalue weighted by Crippen LogP contribution is -2.39. The molecule has 0 radical (unpaired) electrons. The van der Waals surface area contributed by atoms with Crippen molar-refractivity contribution in [3.8, 4) is 5.75 Å². The Morgan fingerprint density at radius 1 is 1.15 bits per heavy atom. The quantitative estimate of drug-likeness (QED) is 0.526. The van der Waals surface area contributed by atoms with Crippen LogP contribution in [-0.4, -0.2) is 50.9 Å². The number of nitrogens with zero attached hydrogens (tertiary/aromatic N) is 4. The maximum atomic E-state index is 14.0. The van der Waals surface area contributed by atoms with Gasteiger partial charge in [-0.1, -0.05) is 0 Å². The van der Waals surface area contributed by atoms with Crippen LogP contribution in [0.1, 0.15) is 46.2 Å². The van der Waals surface area contributed by atoms with Crippen molar-refractivity contribution in [1.82, 2.24) is 15.0 Å². The highest BCUT2D eigenvalue weighted by molar-refractivity contribution is 5.80. The van der Waals surface area contributed by atoms with E-state index in [2.05, 4.69) is 15.2 Å². The molecular weight excluding hydrogens is 440 g/mol. The predicted molar refractivity (Wildman–Crippen MR) is 128 cm³/mol. The van der Waals surface area contributed by atoms with Crippen molar-refractivity contribution in [2.45, 2.75) is 64.7 Å². The molecule has 1 aromatic carbocycles. The van der Waals surface area contributed by atoms with E-state index < -0.39 is 17.2 Å². The minimum atomic E-state index is -0.876. The molecular formula is C25H31F2N5O2. The molecule has 0 bridgehead atoms. The lowest BCUT2D eigenvalue weighted by atomic mass is 10.0. The van der Waals surface area contributed by atoms with Crippen molar-refractivity contribution >= 4 is 22.7 Å². The number of benzene rings is 1. The Kier molecular flexibility index (Phi) is 6.84. The molecule has 0 aliphatic carbocycles. The number of fused-ring (bicyclic) bond motifs is 1. The standard InChI is InChI=1S/C25H31F2N5O2/c1-15(2)29-23-24(31-20-12-17(13-25(3,4)33)28-14-21(20)30-23)32-9-7-18(8-10-32)34-22-11-16(26)5-6-19(22)27/h5-6,11-12,14-15,18,33H,7-10,13H2,1-4H3,(H,29,30). The van der Waals surface area contributed by atoms with Crippen LogP contribution in [0.25, 0.3) is 11.0 Å². The van der Waals surface area contributed by atoms with E-state index in [1.54, 1.807) is 20.0 Å². The minimum Gasteiger partial charge on any atom is -0.487 e. The van der Waals surface area contributed by atoms with Crippen LogP contribution in [0.2, 0.25) is 0 Å². The molecule has 1 saturated heterocycles. The number of aliphatic hydroxyl groups is 1. The third-order valence-electron chi connectivity index (χ3n) is 5.56. The highest BCUT2D eigenvalue weighted by Crippen LogP contribution is 2.30. The highest BCUT2D eigenvalue weighted by atomic mass is 19.1. The zero-order chi connectivity index (χ0) is 24.5. The summed E-state index contributed by atoms with van der Waals surface area (Å²) in [5.41, 5.74) is 1.25. The minimum absolute atomic E-state index is 0.0575. The summed E-state index contributed by atoms with van der Waals surface area (Å²) in [6.45, 7) is 8.83. The molecule has 2 aromatic heterocycles. The SMILES string of the molecule is CC(C)Nc1nc2cnc(CC(C)(C)O)cc2nc1N1CCC(Oc2cc(F)ccc2F)CC1. The summed E-state index contributed by atoms with van der Waals surface area (Å²) in [5, 5.41) is 13.5. The van der Waals surface area contributed by atoms with E-state index in [-0.39, 0.29) is 17.9 Å². The van der Waals surface area contributed by atoms with E-state index in [0.717, 1.165) is 29.7 Å². The summed E-state index contributed by atoms with van der Waals surface area (Å²) in [5.74, 6) is 0.260. The van der Waals surface area contributed by atoms with E-state index in [1.165, 1.54) is 0 Å². The molecule has 3 heterocycles. The number of hydrogen-bond acceptors (Lipinski definition) is 7. The summed E-state index contributed by atoms with van der Waals surface area (Å²) >= 11 is 0. The zero-order valence-electron chi connectivity index (χ0n) is 20.0. The fourth-order valence-electron chi connectivity index (χ4n) is 4.06. The van der Waals surface area contributed by atoms with E-state index >= 15 is 0 Å². The molecule has 2 N–H and O–H groups in total. The van der Waals surface area contributed by atoms with Gasteiger partial charge >= 0.3 is 0 Å². The average Bonchev–Trinajstić information content (AvgIpc) is 2.75. The fourth-order valence-corrected chi connectivity index (χ4v) is 4.06. The molecule has 1 aliphatic heterocycles. The molecule has 0 amide bonds. The third kappa shape index (κ3) is 5.88. The summed E-state index contributed by atoms with van der Waals surface area (Å²) in [7, 11) is 0. The van der Waals surface area contributed by atoms with Gasteiger partial charge in [0.1, 0.15) is 17.4 Å². The van der Waals surface area contributed by atoms with E-state index in [1.807, 2.05) is 19.9 Å². The first-order valence-corrected chi connectivity index (χ1v) is 11.6. The number of nitrogens with one attached hydrogen (secondary N) is 1. The van der Waals surface area contributed by atoms with Crippen LogP contribution >= 0.6 is 0 Å². The van der Waals surface area contributed by atoms with Crippen molar-refractivity contribution < 1.29 is 18.6 Å². The van der Waals surface area contributed by atoms with Gasteiger partial charge in [-0.15, -0.1) is 0 Å². The Balaban J connectivity index is 1.56. The van der Waals surface area contributed by atoms with E-state index in [0.29, 0.717) is 49.2 Å². The number of halogens is 2. The van der Waals surface area contributed by atoms with Crippen molar-refractivity contribution in [3.63, 3.8) is 0 Å². The average molecular weight is 472 g/mol. The maximum Gasteiger partial charge on any atom is 0.172 e. The van der Waals surface area contributed by atoms with Gasteiger partial charge in [0.05, 0.1) is 17.3 Å². The maximum absolute atomic E-state index is 14.0. The molecule has 0 atom stereocenters. The number of pyridine rings is 1. The number of piperidine rings is 1. The second-order valence-corrected chi connectivity index (χ2v) is 9.73. The second kappa shape index (κ2) is 9.66. The van der Waals surface area contributed by atoms with Gasteiger partial charge in [0.25, 0.3) is 0 Å². The predicted octanol–water partition coefficient (Wildman–Crippen LogP) is 4.48. The van der Waals surface area contributed by atoms with Crippen LogP contribution < -0.4 is 15.0 Å². The number of anilines is 2. The lowest BCUT2D eigenvalue weighted by molar-refractivity contribution is 0.0800. The molecule has 9 heteroatoms. The monoisotopic (exact) mass is 471 g/mol. The number of aromatic nitrogens is 3. The first kappa shape index (κ1) is 24.1. The fraction of sp³-hybridized carbons (Fsp3) is 0.480. The van der Waals surface area contributed by atoms with Crippen LogP contribution in [-0.2, 0) is 6.42 Å². The van der Waals surface area contributed by atoms with Gasteiger partial charge in [-0.2, -0.15) is 0 Å². The van der Waals surface area contributed by atoms with Gasteiger partial charge in [0, 0.05) is 50.2 Å².